The molecule has 3 aliphatic carbocycles. The average Bonchev–Trinajstić information content (AvgIpc) is 3.45. The monoisotopic (exact) mass is 503 g/mol. The molecule has 2 heterocycles. The molecule has 7 atom stereocenters. The molecule has 0 spiro atoms. The Bertz CT molecular complexity index is 918. The molecular formula is C28H39Cl2N3O. The predicted molar refractivity (Wildman–Crippen MR) is 139 cm³/mol. The maximum Gasteiger partial charge on any atom is 0.207 e. The molecule has 4 nitrogen and oxygen atoms in total. The summed E-state index contributed by atoms with van der Waals surface area (Å²) >= 11 is 11.6. The standard InChI is InChI=1S/C20H32N2.C8H7Cl2NO/c1-19-9-3-4-15(19)14-5-6-17-20(2,16(14)7-10-19)11-8-18-21-12-13-22(17)18;9-7-2-1-3-8(10)6(7)4-11-5-12/h12-18,21H,3-11H2,1-2H3;1-3,5H,4H2,(H,11,12)/t14?,15?,16?,17?,18?,19-,20+;/m0./s1. The maximum absolute atomic E-state index is 10.0. The van der Waals surface area contributed by atoms with Gasteiger partial charge in [0.1, 0.15) is 0 Å². The lowest BCUT2D eigenvalue weighted by Crippen LogP contribution is -2.62. The fraction of sp³-hybridized carbons (Fsp3) is 0.679. The van der Waals surface area contributed by atoms with Crippen LogP contribution in [0.4, 0.5) is 0 Å². The highest BCUT2D eigenvalue weighted by molar-refractivity contribution is 6.35. The second-order valence-corrected chi connectivity index (χ2v) is 12.6. The van der Waals surface area contributed by atoms with Crippen LogP contribution in [0.25, 0.3) is 0 Å². The van der Waals surface area contributed by atoms with E-state index < -0.39 is 0 Å². The molecule has 0 bridgehead atoms. The number of rotatable bonds is 3. The highest BCUT2D eigenvalue weighted by Crippen LogP contribution is 2.65. The van der Waals surface area contributed by atoms with Gasteiger partial charge < -0.3 is 15.5 Å². The van der Waals surface area contributed by atoms with Crippen LogP contribution in [-0.4, -0.2) is 23.5 Å². The zero-order valence-corrected chi connectivity index (χ0v) is 22.0. The third-order valence-electron chi connectivity index (χ3n) is 10.2. The third-order valence-corrected chi connectivity index (χ3v) is 10.9. The minimum atomic E-state index is 0.363. The van der Waals surface area contributed by atoms with Crippen molar-refractivity contribution in [2.24, 2.45) is 28.6 Å². The zero-order valence-electron chi connectivity index (χ0n) is 20.5. The van der Waals surface area contributed by atoms with Gasteiger partial charge in [-0.1, -0.05) is 49.5 Å². The minimum Gasteiger partial charge on any atom is -0.370 e. The van der Waals surface area contributed by atoms with Gasteiger partial charge in [0.15, 0.2) is 0 Å². The molecule has 1 aromatic carbocycles. The molecule has 2 N–H and O–H groups in total. The van der Waals surface area contributed by atoms with Crippen molar-refractivity contribution in [1.82, 2.24) is 15.5 Å². The number of halogens is 2. The third kappa shape index (κ3) is 4.13. The summed E-state index contributed by atoms with van der Waals surface area (Å²) in [5.74, 6) is 3.09. The number of hydrogen-bond acceptors (Lipinski definition) is 3. The number of benzene rings is 1. The van der Waals surface area contributed by atoms with Crippen LogP contribution >= 0.6 is 23.2 Å². The van der Waals surface area contributed by atoms with Crippen LogP contribution in [-0.2, 0) is 11.3 Å². The van der Waals surface area contributed by atoms with E-state index in [0.717, 1.165) is 29.4 Å². The number of carbonyl (C=O) groups is 1. The van der Waals surface area contributed by atoms with Crippen LogP contribution in [0.5, 0.6) is 0 Å². The van der Waals surface area contributed by atoms with Crippen molar-refractivity contribution in [3.8, 4) is 0 Å². The first kappa shape index (κ1) is 24.3. The second-order valence-electron chi connectivity index (χ2n) is 11.7. The summed E-state index contributed by atoms with van der Waals surface area (Å²) in [5.41, 5.74) is 2.02. The Hall–Kier alpha value is -1.39. The quantitative estimate of drug-likeness (QED) is 0.449. The van der Waals surface area contributed by atoms with Crippen LogP contribution in [0, 0.1) is 28.6 Å². The molecule has 1 saturated heterocycles. The van der Waals surface area contributed by atoms with Crippen LogP contribution in [0.3, 0.4) is 0 Å². The van der Waals surface area contributed by atoms with E-state index in [-0.39, 0.29) is 0 Å². The first-order chi connectivity index (χ1) is 16.4. The number of fused-ring (bicyclic) bond motifs is 7. The molecule has 0 radical (unpaired) electrons. The van der Waals surface area contributed by atoms with Crippen molar-refractivity contribution in [1.29, 1.82) is 0 Å². The number of carbonyl (C=O) groups excluding carboxylic acids is 1. The predicted octanol–water partition coefficient (Wildman–Crippen LogP) is 6.72. The molecule has 1 amide bonds. The van der Waals surface area contributed by atoms with Crippen molar-refractivity contribution in [3.63, 3.8) is 0 Å². The van der Waals surface area contributed by atoms with Crippen molar-refractivity contribution < 1.29 is 4.79 Å². The van der Waals surface area contributed by atoms with Crippen molar-refractivity contribution >= 4 is 29.6 Å². The van der Waals surface area contributed by atoms with Gasteiger partial charge in [-0.2, -0.15) is 0 Å². The van der Waals surface area contributed by atoms with E-state index in [2.05, 4.69) is 41.8 Å². The lowest BCUT2D eigenvalue weighted by atomic mass is 9.47. The maximum atomic E-state index is 10.0. The number of nitrogens with one attached hydrogen (secondary N) is 2. The molecule has 6 heteroatoms. The Morgan fingerprint density at radius 2 is 1.85 bits per heavy atom. The van der Waals surface area contributed by atoms with Gasteiger partial charge in [-0.05, 0) is 92.1 Å². The largest absolute Gasteiger partial charge is 0.370 e. The molecule has 3 saturated carbocycles. The molecule has 5 unspecified atom stereocenters. The summed E-state index contributed by atoms with van der Waals surface area (Å²) in [6.07, 6.45) is 19.1. The van der Waals surface area contributed by atoms with Crippen LogP contribution < -0.4 is 10.6 Å². The summed E-state index contributed by atoms with van der Waals surface area (Å²) in [7, 11) is 0. The van der Waals surface area contributed by atoms with Gasteiger partial charge in [0.25, 0.3) is 0 Å². The van der Waals surface area contributed by atoms with Crippen LogP contribution in [0.15, 0.2) is 30.6 Å². The molecule has 4 fully saturated rings. The molecule has 34 heavy (non-hydrogen) atoms. The normalized spacial score (nSPS) is 39.5. The molecule has 186 valence electrons. The van der Waals surface area contributed by atoms with Gasteiger partial charge in [0.2, 0.25) is 6.41 Å². The van der Waals surface area contributed by atoms with Gasteiger partial charge in [-0.25, -0.2) is 0 Å². The number of piperidine rings is 1. The van der Waals surface area contributed by atoms with E-state index in [9.17, 15) is 4.79 Å². The van der Waals surface area contributed by atoms with E-state index in [1.807, 2.05) is 0 Å². The van der Waals surface area contributed by atoms with Gasteiger partial charge in [-0.15, -0.1) is 0 Å². The van der Waals surface area contributed by atoms with E-state index >= 15 is 0 Å². The van der Waals surface area contributed by atoms with Gasteiger partial charge in [0.05, 0.1) is 6.17 Å². The first-order valence-electron chi connectivity index (χ1n) is 13.2. The van der Waals surface area contributed by atoms with E-state index in [1.165, 1.54) is 57.8 Å². The Balaban J connectivity index is 0.000000172. The summed E-state index contributed by atoms with van der Waals surface area (Å²) in [6.45, 7) is 5.65. The molecular weight excluding hydrogens is 465 g/mol. The van der Waals surface area contributed by atoms with Gasteiger partial charge in [-0.3, -0.25) is 4.79 Å². The SMILES string of the molecule is C[C@@]12CCCC1C1CCC3N4C=CNC4CC[C@]3(C)C1CC2.O=CNCc1c(Cl)cccc1Cl. The van der Waals surface area contributed by atoms with Crippen LogP contribution in [0.1, 0.15) is 77.2 Å². The topological polar surface area (TPSA) is 44.4 Å². The van der Waals surface area contributed by atoms with E-state index in [4.69, 9.17) is 23.2 Å². The Labute approximate surface area is 214 Å². The fourth-order valence-electron chi connectivity index (χ4n) is 8.55. The summed E-state index contributed by atoms with van der Waals surface area (Å²) in [5, 5.41) is 7.20. The number of nitrogens with zero attached hydrogens (tertiary/aromatic N) is 1. The first-order valence-corrected chi connectivity index (χ1v) is 13.9. The minimum absolute atomic E-state index is 0.363. The van der Waals surface area contributed by atoms with E-state index in [1.54, 1.807) is 18.2 Å². The fourth-order valence-corrected chi connectivity index (χ4v) is 9.08. The smallest absolute Gasteiger partial charge is 0.207 e. The summed E-state index contributed by atoms with van der Waals surface area (Å²) < 4.78 is 0. The molecule has 5 aliphatic rings. The van der Waals surface area contributed by atoms with Crippen molar-refractivity contribution in [2.45, 2.75) is 90.4 Å². The molecule has 6 rings (SSSR count). The van der Waals surface area contributed by atoms with E-state index in [0.29, 0.717) is 40.0 Å². The lowest BCUT2D eigenvalue weighted by Gasteiger charge is -2.62. The number of amides is 1. The second kappa shape index (κ2) is 9.58. The molecule has 2 aliphatic heterocycles. The highest BCUT2D eigenvalue weighted by atomic mass is 35.5. The highest BCUT2D eigenvalue weighted by Gasteiger charge is 2.59. The average molecular weight is 505 g/mol. The molecule has 0 aromatic heterocycles. The Kier molecular flexibility index (Phi) is 6.85. The molecule has 1 aromatic rings. The van der Waals surface area contributed by atoms with Gasteiger partial charge in [0, 0.05) is 40.6 Å². The van der Waals surface area contributed by atoms with Gasteiger partial charge >= 0.3 is 0 Å². The summed E-state index contributed by atoms with van der Waals surface area (Å²) in [4.78, 5) is 12.7. The van der Waals surface area contributed by atoms with Crippen molar-refractivity contribution in [2.75, 3.05) is 0 Å². The lowest BCUT2D eigenvalue weighted by molar-refractivity contribution is -0.123. The zero-order chi connectivity index (χ0) is 23.9. The van der Waals surface area contributed by atoms with Crippen LogP contribution in [0.2, 0.25) is 10.0 Å². The Morgan fingerprint density at radius 1 is 1.06 bits per heavy atom. The Morgan fingerprint density at radius 3 is 2.62 bits per heavy atom. The number of hydrogen-bond donors (Lipinski definition) is 2. The summed E-state index contributed by atoms with van der Waals surface area (Å²) in [6, 6.07) is 6.02. The van der Waals surface area contributed by atoms with Crippen molar-refractivity contribution in [3.05, 3.63) is 46.2 Å².